The molecule has 0 N–H and O–H groups in total. The largest absolute Gasteiger partial charge is 0.309 e. The highest BCUT2D eigenvalue weighted by molar-refractivity contribution is 6.10. The first-order valence-electron chi connectivity index (χ1n) is 13.9. The van der Waals surface area contributed by atoms with Crippen LogP contribution in [-0.2, 0) is 0 Å². The number of benzene rings is 6. The van der Waals surface area contributed by atoms with E-state index in [0.29, 0.717) is 0 Å². The predicted molar refractivity (Wildman–Crippen MR) is 170 cm³/mol. The molecule has 0 saturated carbocycles. The first kappa shape index (κ1) is 22.9. The Labute approximate surface area is 233 Å². The fourth-order valence-electron chi connectivity index (χ4n) is 6.37. The van der Waals surface area contributed by atoms with Gasteiger partial charge in [0, 0.05) is 32.9 Å². The molecule has 0 bridgehead atoms. The van der Waals surface area contributed by atoms with Gasteiger partial charge in [-0.2, -0.15) is 0 Å². The van der Waals surface area contributed by atoms with Gasteiger partial charge >= 0.3 is 0 Å². The molecular formula is C38H28N2. The van der Waals surface area contributed by atoms with E-state index >= 15 is 0 Å². The van der Waals surface area contributed by atoms with Crippen molar-refractivity contribution >= 4 is 43.6 Å². The molecule has 2 nitrogen and oxygen atoms in total. The Morgan fingerprint density at radius 2 is 0.775 bits per heavy atom. The fourth-order valence-corrected chi connectivity index (χ4v) is 6.37. The molecule has 0 aliphatic carbocycles. The molecule has 0 spiro atoms. The molecule has 0 aliphatic rings. The van der Waals surface area contributed by atoms with Crippen molar-refractivity contribution in [3.05, 3.63) is 145 Å². The van der Waals surface area contributed by atoms with Crippen LogP contribution in [0.25, 0.3) is 66.1 Å². The molecule has 0 saturated heterocycles. The van der Waals surface area contributed by atoms with Crippen LogP contribution < -0.4 is 0 Å². The second-order valence-electron chi connectivity index (χ2n) is 10.8. The smallest absolute Gasteiger partial charge is 0.0543 e. The van der Waals surface area contributed by atoms with Gasteiger partial charge in [0.05, 0.1) is 22.1 Å². The van der Waals surface area contributed by atoms with E-state index in [1.165, 1.54) is 77.2 Å². The van der Waals surface area contributed by atoms with Crippen LogP contribution in [0.5, 0.6) is 0 Å². The number of aryl methyl sites for hydroxylation is 2. The summed E-state index contributed by atoms with van der Waals surface area (Å²) in [6, 6.07) is 48.8. The first-order valence-corrected chi connectivity index (χ1v) is 13.9. The summed E-state index contributed by atoms with van der Waals surface area (Å²) in [7, 11) is 0. The molecule has 0 fully saturated rings. The van der Waals surface area contributed by atoms with Gasteiger partial charge in [-0.1, -0.05) is 84.9 Å². The van der Waals surface area contributed by atoms with E-state index in [-0.39, 0.29) is 0 Å². The van der Waals surface area contributed by atoms with Crippen molar-refractivity contribution < 1.29 is 0 Å². The lowest BCUT2D eigenvalue weighted by Gasteiger charge is -2.13. The molecule has 0 unspecified atom stereocenters. The van der Waals surface area contributed by atoms with Crippen LogP contribution in [0, 0.1) is 13.8 Å². The SMILES string of the molecule is Cc1ccc2c3ccccc3n(-c3cccc(-c4cccc(-n5c6ccccc6c6ccc(C)cc65)c4)c3)c2c1. The number of hydrogen-bond acceptors (Lipinski definition) is 0. The number of nitrogens with zero attached hydrogens (tertiary/aromatic N) is 2. The van der Waals surface area contributed by atoms with Gasteiger partial charge in [0.25, 0.3) is 0 Å². The highest BCUT2D eigenvalue weighted by atomic mass is 15.0. The molecule has 2 heteroatoms. The lowest BCUT2D eigenvalue weighted by atomic mass is 10.0. The van der Waals surface area contributed by atoms with Gasteiger partial charge in [0.15, 0.2) is 0 Å². The van der Waals surface area contributed by atoms with Crippen LogP contribution in [0.15, 0.2) is 133 Å². The maximum atomic E-state index is 2.40. The summed E-state index contributed by atoms with van der Waals surface area (Å²) in [5.74, 6) is 0. The molecule has 0 aliphatic heterocycles. The van der Waals surface area contributed by atoms with Gasteiger partial charge in [0.1, 0.15) is 0 Å². The summed E-state index contributed by atoms with van der Waals surface area (Å²) in [6.07, 6.45) is 0. The van der Waals surface area contributed by atoms with E-state index in [1.54, 1.807) is 0 Å². The molecule has 8 rings (SSSR count). The molecule has 0 radical (unpaired) electrons. The van der Waals surface area contributed by atoms with E-state index in [0.717, 1.165) is 0 Å². The molecule has 0 amide bonds. The van der Waals surface area contributed by atoms with Crippen LogP contribution in [-0.4, -0.2) is 9.13 Å². The number of rotatable bonds is 3. The summed E-state index contributed by atoms with van der Waals surface area (Å²) in [5, 5.41) is 5.14. The molecule has 2 aromatic heterocycles. The molecular weight excluding hydrogens is 484 g/mol. The number of hydrogen-bond donors (Lipinski definition) is 0. The normalized spacial score (nSPS) is 11.8. The molecule has 40 heavy (non-hydrogen) atoms. The van der Waals surface area contributed by atoms with Crippen molar-refractivity contribution in [2.24, 2.45) is 0 Å². The summed E-state index contributed by atoms with van der Waals surface area (Å²) < 4.78 is 4.81. The Kier molecular flexibility index (Phi) is 4.99. The van der Waals surface area contributed by atoms with Gasteiger partial charge in [-0.25, -0.2) is 0 Å². The Bertz CT molecular complexity index is 2080. The van der Waals surface area contributed by atoms with Crippen molar-refractivity contribution in [1.82, 2.24) is 9.13 Å². The lowest BCUT2D eigenvalue weighted by molar-refractivity contribution is 1.17. The second kappa shape index (κ2) is 8.72. The topological polar surface area (TPSA) is 9.86 Å². The molecule has 6 aromatic carbocycles. The predicted octanol–water partition coefficient (Wildman–Crippen LogP) is 10.2. The minimum Gasteiger partial charge on any atom is -0.309 e. The average Bonchev–Trinajstić information content (AvgIpc) is 3.49. The maximum absolute atomic E-state index is 2.40. The number of para-hydroxylation sites is 2. The Morgan fingerprint density at radius 1 is 0.350 bits per heavy atom. The van der Waals surface area contributed by atoms with Gasteiger partial charge < -0.3 is 9.13 Å². The van der Waals surface area contributed by atoms with Crippen LogP contribution >= 0.6 is 0 Å². The van der Waals surface area contributed by atoms with Gasteiger partial charge in [-0.3, -0.25) is 0 Å². The maximum Gasteiger partial charge on any atom is 0.0543 e. The fraction of sp³-hybridized carbons (Fsp3) is 0.0526. The van der Waals surface area contributed by atoms with Crippen molar-refractivity contribution in [3.8, 4) is 22.5 Å². The first-order chi connectivity index (χ1) is 19.7. The zero-order valence-corrected chi connectivity index (χ0v) is 22.6. The van der Waals surface area contributed by atoms with Crippen LogP contribution in [0.3, 0.4) is 0 Å². The monoisotopic (exact) mass is 512 g/mol. The molecule has 8 aromatic rings. The average molecular weight is 513 g/mol. The van der Waals surface area contributed by atoms with Crippen LogP contribution in [0.1, 0.15) is 11.1 Å². The minimum absolute atomic E-state index is 1.17. The van der Waals surface area contributed by atoms with Gasteiger partial charge in [-0.05, 0) is 84.6 Å². The summed E-state index contributed by atoms with van der Waals surface area (Å²) >= 11 is 0. The summed E-state index contributed by atoms with van der Waals surface area (Å²) in [4.78, 5) is 0. The van der Waals surface area contributed by atoms with E-state index in [2.05, 4.69) is 156 Å². The Balaban J connectivity index is 1.32. The quantitative estimate of drug-likeness (QED) is 0.223. The zero-order chi connectivity index (χ0) is 26.8. The third kappa shape index (κ3) is 3.43. The van der Waals surface area contributed by atoms with Gasteiger partial charge in [-0.15, -0.1) is 0 Å². The third-order valence-electron chi connectivity index (χ3n) is 8.20. The Hall–Kier alpha value is -5.08. The minimum atomic E-state index is 1.17. The van der Waals surface area contributed by atoms with Crippen molar-refractivity contribution in [1.29, 1.82) is 0 Å². The van der Waals surface area contributed by atoms with Crippen LogP contribution in [0.4, 0.5) is 0 Å². The summed E-state index contributed by atoms with van der Waals surface area (Å²) in [6.45, 7) is 4.33. The highest BCUT2D eigenvalue weighted by Gasteiger charge is 2.15. The van der Waals surface area contributed by atoms with E-state index < -0.39 is 0 Å². The van der Waals surface area contributed by atoms with E-state index in [4.69, 9.17) is 0 Å². The van der Waals surface area contributed by atoms with E-state index in [1.807, 2.05) is 0 Å². The second-order valence-corrected chi connectivity index (χ2v) is 10.8. The lowest BCUT2D eigenvalue weighted by Crippen LogP contribution is -1.96. The van der Waals surface area contributed by atoms with E-state index in [9.17, 15) is 0 Å². The molecule has 190 valence electrons. The molecule has 2 heterocycles. The summed E-state index contributed by atoms with van der Waals surface area (Å²) in [5.41, 5.74) is 12.2. The highest BCUT2D eigenvalue weighted by Crippen LogP contribution is 2.36. The molecule has 0 atom stereocenters. The van der Waals surface area contributed by atoms with Crippen molar-refractivity contribution in [3.63, 3.8) is 0 Å². The number of fused-ring (bicyclic) bond motifs is 6. The zero-order valence-electron chi connectivity index (χ0n) is 22.6. The van der Waals surface area contributed by atoms with Crippen molar-refractivity contribution in [2.45, 2.75) is 13.8 Å². The van der Waals surface area contributed by atoms with Crippen molar-refractivity contribution in [2.75, 3.05) is 0 Å². The van der Waals surface area contributed by atoms with Crippen LogP contribution in [0.2, 0.25) is 0 Å². The Morgan fingerprint density at radius 3 is 1.25 bits per heavy atom. The number of aromatic nitrogens is 2. The third-order valence-corrected chi connectivity index (χ3v) is 8.20. The van der Waals surface area contributed by atoms with Gasteiger partial charge in [0.2, 0.25) is 0 Å². The standard InChI is InChI=1S/C38H28N2/c1-25-17-19-33-31-13-3-5-15-35(31)39(37(33)21-25)29-11-7-9-27(23-29)28-10-8-12-30(24-28)40-36-16-6-4-14-32(36)34-20-18-26(2)22-38(34)40/h3-24H,1-2H3.